The fourth-order valence-corrected chi connectivity index (χ4v) is 2.21. The van der Waals surface area contributed by atoms with E-state index in [9.17, 15) is 9.18 Å². The molecule has 4 heteroatoms. The first kappa shape index (κ1) is 13.0. The highest BCUT2D eigenvalue weighted by Gasteiger charge is 2.14. The molecule has 3 nitrogen and oxygen atoms in total. The molecule has 1 heterocycles. The van der Waals surface area contributed by atoms with Crippen LogP contribution in [0.15, 0.2) is 24.3 Å². The lowest BCUT2D eigenvalue weighted by molar-refractivity contribution is -0.121. The summed E-state index contributed by atoms with van der Waals surface area (Å²) in [7, 11) is 0. The summed E-state index contributed by atoms with van der Waals surface area (Å²) in [6.07, 6.45) is 3.66. The van der Waals surface area contributed by atoms with Crippen molar-refractivity contribution in [2.45, 2.75) is 31.7 Å². The maximum Gasteiger partial charge on any atom is 0.224 e. The van der Waals surface area contributed by atoms with Gasteiger partial charge in [-0.1, -0.05) is 18.6 Å². The third-order valence-corrected chi connectivity index (χ3v) is 3.19. The van der Waals surface area contributed by atoms with Gasteiger partial charge in [-0.05, 0) is 37.1 Å². The van der Waals surface area contributed by atoms with Crippen LogP contribution in [0.25, 0.3) is 0 Å². The minimum atomic E-state index is -0.271. The second kappa shape index (κ2) is 6.50. The maximum absolute atomic E-state index is 12.7. The van der Waals surface area contributed by atoms with Crippen LogP contribution in [-0.2, 0) is 11.2 Å². The van der Waals surface area contributed by atoms with Crippen molar-refractivity contribution in [3.8, 4) is 0 Å². The van der Waals surface area contributed by atoms with E-state index in [1.54, 1.807) is 12.1 Å². The summed E-state index contributed by atoms with van der Waals surface area (Å²) >= 11 is 0. The van der Waals surface area contributed by atoms with Gasteiger partial charge in [-0.25, -0.2) is 4.39 Å². The topological polar surface area (TPSA) is 41.1 Å². The molecule has 0 radical (unpaired) electrons. The van der Waals surface area contributed by atoms with Gasteiger partial charge in [0.25, 0.3) is 0 Å². The molecule has 0 aliphatic carbocycles. The Kier molecular flexibility index (Phi) is 4.70. The number of amides is 1. The van der Waals surface area contributed by atoms with E-state index >= 15 is 0 Å². The Morgan fingerprint density at radius 3 is 2.89 bits per heavy atom. The van der Waals surface area contributed by atoms with Crippen LogP contribution in [0, 0.1) is 5.82 Å². The lowest BCUT2D eigenvalue weighted by atomic mass is 10.1. The molecule has 98 valence electrons. The number of benzene rings is 1. The number of halogens is 1. The van der Waals surface area contributed by atoms with Crippen LogP contribution in [-0.4, -0.2) is 25.0 Å². The number of hydrogen-bond donors (Lipinski definition) is 2. The zero-order chi connectivity index (χ0) is 12.8. The number of rotatable bonds is 3. The van der Waals surface area contributed by atoms with Crippen molar-refractivity contribution in [2.24, 2.45) is 0 Å². The van der Waals surface area contributed by atoms with Gasteiger partial charge in [0.05, 0.1) is 6.42 Å². The van der Waals surface area contributed by atoms with E-state index in [-0.39, 0.29) is 17.8 Å². The van der Waals surface area contributed by atoms with Crippen LogP contribution in [0.1, 0.15) is 24.8 Å². The molecule has 0 saturated carbocycles. The molecule has 1 unspecified atom stereocenters. The van der Waals surface area contributed by atoms with Gasteiger partial charge in [0.15, 0.2) is 0 Å². The molecule has 2 N–H and O–H groups in total. The summed E-state index contributed by atoms with van der Waals surface area (Å²) in [5, 5.41) is 6.34. The van der Waals surface area contributed by atoms with Gasteiger partial charge in [-0.15, -0.1) is 0 Å². The van der Waals surface area contributed by atoms with Gasteiger partial charge < -0.3 is 10.6 Å². The predicted molar refractivity (Wildman–Crippen MR) is 68.8 cm³/mol. The van der Waals surface area contributed by atoms with E-state index in [0.717, 1.165) is 31.5 Å². The average molecular weight is 250 g/mol. The van der Waals surface area contributed by atoms with Crippen molar-refractivity contribution in [3.05, 3.63) is 35.6 Å². The summed E-state index contributed by atoms with van der Waals surface area (Å²) in [4.78, 5) is 11.8. The van der Waals surface area contributed by atoms with Crippen LogP contribution < -0.4 is 10.6 Å². The molecule has 1 fully saturated rings. The molecular formula is C14H19FN2O. The standard InChI is InChI=1S/C14H19FN2O/c15-12-6-4-11(5-7-12)9-14(18)17-13-3-1-2-8-16-10-13/h4-7,13,16H,1-3,8-10H2,(H,17,18). The van der Waals surface area contributed by atoms with E-state index in [1.165, 1.54) is 18.6 Å². The lowest BCUT2D eigenvalue weighted by Gasteiger charge is -2.16. The van der Waals surface area contributed by atoms with Crippen molar-refractivity contribution in [1.29, 1.82) is 0 Å². The molecule has 0 aromatic heterocycles. The molecule has 18 heavy (non-hydrogen) atoms. The van der Waals surface area contributed by atoms with Crippen LogP contribution in [0.2, 0.25) is 0 Å². The zero-order valence-electron chi connectivity index (χ0n) is 10.4. The van der Waals surface area contributed by atoms with E-state index in [1.807, 2.05) is 0 Å². The van der Waals surface area contributed by atoms with Gasteiger partial charge in [-0.3, -0.25) is 4.79 Å². The Balaban J connectivity index is 1.82. The molecule has 1 amide bonds. The van der Waals surface area contributed by atoms with Gasteiger partial charge in [-0.2, -0.15) is 0 Å². The largest absolute Gasteiger partial charge is 0.352 e. The highest BCUT2D eigenvalue weighted by molar-refractivity contribution is 5.78. The minimum Gasteiger partial charge on any atom is -0.352 e. The highest BCUT2D eigenvalue weighted by atomic mass is 19.1. The first-order valence-corrected chi connectivity index (χ1v) is 6.48. The maximum atomic E-state index is 12.7. The fourth-order valence-electron chi connectivity index (χ4n) is 2.21. The Bertz CT molecular complexity index is 383. The van der Waals surface area contributed by atoms with E-state index in [4.69, 9.17) is 0 Å². The van der Waals surface area contributed by atoms with E-state index in [2.05, 4.69) is 10.6 Å². The predicted octanol–water partition coefficient (Wildman–Crippen LogP) is 1.63. The number of nitrogens with one attached hydrogen (secondary N) is 2. The van der Waals surface area contributed by atoms with Gasteiger partial charge in [0.1, 0.15) is 5.82 Å². The molecule has 1 saturated heterocycles. The normalized spacial score (nSPS) is 20.2. The molecular weight excluding hydrogens is 231 g/mol. The van der Waals surface area contributed by atoms with Crippen LogP contribution in [0.4, 0.5) is 4.39 Å². The number of carbonyl (C=O) groups excluding carboxylic acids is 1. The molecule has 2 rings (SSSR count). The Labute approximate surface area is 107 Å². The molecule has 1 aromatic rings. The Morgan fingerprint density at radius 2 is 2.11 bits per heavy atom. The van der Waals surface area contributed by atoms with E-state index < -0.39 is 0 Å². The SMILES string of the molecule is O=C(Cc1ccc(F)cc1)NC1CCCCNC1. The molecule has 1 aliphatic heterocycles. The van der Waals surface area contributed by atoms with Gasteiger partial charge in [0.2, 0.25) is 5.91 Å². The van der Waals surface area contributed by atoms with Crippen molar-refractivity contribution in [3.63, 3.8) is 0 Å². The summed E-state index contributed by atoms with van der Waals surface area (Å²) in [5.41, 5.74) is 0.843. The lowest BCUT2D eigenvalue weighted by Crippen LogP contribution is -2.41. The monoisotopic (exact) mass is 250 g/mol. The van der Waals surface area contributed by atoms with Gasteiger partial charge in [0, 0.05) is 12.6 Å². The molecule has 1 aromatic carbocycles. The molecule has 0 bridgehead atoms. The molecule has 0 spiro atoms. The second-order valence-corrected chi connectivity index (χ2v) is 4.77. The van der Waals surface area contributed by atoms with Crippen molar-refractivity contribution in [1.82, 2.24) is 10.6 Å². The number of hydrogen-bond acceptors (Lipinski definition) is 2. The first-order valence-electron chi connectivity index (χ1n) is 6.48. The highest BCUT2D eigenvalue weighted by Crippen LogP contribution is 2.06. The van der Waals surface area contributed by atoms with Crippen LogP contribution >= 0.6 is 0 Å². The fraction of sp³-hybridized carbons (Fsp3) is 0.500. The summed E-state index contributed by atoms with van der Waals surface area (Å²) < 4.78 is 12.7. The van der Waals surface area contributed by atoms with Crippen LogP contribution in [0.3, 0.4) is 0 Å². The zero-order valence-corrected chi connectivity index (χ0v) is 10.4. The third kappa shape index (κ3) is 4.11. The Morgan fingerprint density at radius 1 is 1.33 bits per heavy atom. The Hall–Kier alpha value is -1.42. The van der Waals surface area contributed by atoms with Crippen LogP contribution in [0.5, 0.6) is 0 Å². The second-order valence-electron chi connectivity index (χ2n) is 4.77. The van der Waals surface area contributed by atoms with Crippen molar-refractivity contribution in [2.75, 3.05) is 13.1 Å². The quantitative estimate of drug-likeness (QED) is 0.856. The first-order chi connectivity index (χ1) is 8.74. The summed E-state index contributed by atoms with van der Waals surface area (Å²) in [6.45, 7) is 1.87. The van der Waals surface area contributed by atoms with Crippen molar-refractivity contribution >= 4 is 5.91 Å². The summed E-state index contributed by atoms with van der Waals surface area (Å²) in [5.74, 6) is -0.262. The summed E-state index contributed by atoms with van der Waals surface area (Å²) in [6, 6.07) is 6.30. The average Bonchev–Trinajstić information content (AvgIpc) is 2.61. The molecule has 1 aliphatic rings. The smallest absolute Gasteiger partial charge is 0.224 e. The van der Waals surface area contributed by atoms with E-state index in [0.29, 0.717) is 6.42 Å². The number of carbonyl (C=O) groups is 1. The van der Waals surface area contributed by atoms with Gasteiger partial charge >= 0.3 is 0 Å². The minimum absolute atomic E-state index is 0.00954. The molecule has 1 atom stereocenters. The van der Waals surface area contributed by atoms with Crippen molar-refractivity contribution < 1.29 is 9.18 Å². The third-order valence-electron chi connectivity index (χ3n) is 3.19.